The molecule has 0 aliphatic carbocycles. The first-order chi connectivity index (χ1) is 7.79. The summed E-state index contributed by atoms with van der Waals surface area (Å²) in [5.41, 5.74) is 3.95. The summed E-state index contributed by atoms with van der Waals surface area (Å²) in [5, 5.41) is 5.24. The molecule has 0 aliphatic heterocycles. The lowest BCUT2D eigenvalue weighted by atomic mass is 10.2. The monoisotopic (exact) mass is 295 g/mol. The zero-order chi connectivity index (χ0) is 11.4. The Bertz CT molecular complexity index is 422. The van der Waals surface area contributed by atoms with Crippen LogP contribution in [0.2, 0.25) is 0 Å². The second-order valence-electron chi connectivity index (χ2n) is 3.79. The quantitative estimate of drug-likeness (QED) is 0.761. The largest absolute Gasteiger partial charge is 0.370 e. The lowest BCUT2D eigenvalue weighted by Gasteiger charge is -2.18. The molecule has 3 heteroatoms. The van der Waals surface area contributed by atoms with Crippen LogP contribution in [0.15, 0.2) is 41.1 Å². The highest BCUT2D eigenvalue weighted by Crippen LogP contribution is 2.18. The summed E-state index contributed by atoms with van der Waals surface area (Å²) < 4.78 is 0. The van der Waals surface area contributed by atoms with Gasteiger partial charge < -0.3 is 4.90 Å². The summed E-state index contributed by atoms with van der Waals surface area (Å²) in [4.78, 5) is 2.26. The Morgan fingerprint density at radius 2 is 1.88 bits per heavy atom. The molecule has 1 aromatic heterocycles. The Hall–Kier alpha value is -0.800. The molecular formula is C13H14BrNS. The molecule has 0 spiro atoms. The van der Waals surface area contributed by atoms with Crippen molar-refractivity contribution in [1.29, 1.82) is 0 Å². The van der Waals surface area contributed by atoms with Gasteiger partial charge in [-0.25, -0.2) is 0 Å². The third-order valence-electron chi connectivity index (χ3n) is 2.53. The summed E-state index contributed by atoms with van der Waals surface area (Å²) in [6.45, 7) is 0.969. The normalized spacial score (nSPS) is 10.4. The fourth-order valence-electron chi connectivity index (χ4n) is 1.59. The number of hydrogen-bond acceptors (Lipinski definition) is 2. The van der Waals surface area contributed by atoms with Crippen LogP contribution in [0.4, 0.5) is 5.69 Å². The number of nitrogens with zero attached hydrogens (tertiary/aromatic N) is 1. The number of alkyl halides is 1. The minimum absolute atomic E-state index is 0.918. The van der Waals surface area contributed by atoms with Gasteiger partial charge in [0.05, 0.1) is 0 Å². The highest BCUT2D eigenvalue weighted by Gasteiger charge is 2.02. The van der Waals surface area contributed by atoms with E-state index in [1.54, 1.807) is 11.3 Å². The zero-order valence-corrected chi connectivity index (χ0v) is 11.6. The number of anilines is 1. The van der Waals surface area contributed by atoms with E-state index in [1.807, 2.05) is 0 Å². The maximum Gasteiger partial charge on any atom is 0.0434 e. The molecule has 2 rings (SSSR count). The molecule has 1 heterocycles. The van der Waals surface area contributed by atoms with Crippen molar-refractivity contribution in [2.24, 2.45) is 0 Å². The van der Waals surface area contributed by atoms with Crippen LogP contribution in [0.1, 0.15) is 11.1 Å². The van der Waals surface area contributed by atoms with Crippen molar-refractivity contribution in [3.63, 3.8) is 0 Å². The Morgan fingerprint density at radius 3 is 2.44 bits per heavy atom. The summed E-state index contributed by atoms with van der Waals surface area (Å²) in [6.07, 6.45) is 0. The summed E-state index contributed by atoms with van der Waals surface area (Å²) in [7, 11) is 2.13. The highest BCUT2D eigenvalue weighted by molar-refractivity contribution is 9.08. The number of rotatable bonds is 4. The summed E-state index contributed by atoms with van der Waals surface area (Å²) in [6, 6.07) is 10.8. The van der Waals surface area contributed by atoms with Crippen LogP contribution in [-0.4, -0.2) is 7.05 Å². The van der Waals surface area contributed by atoms with Gasteiger partial charge in [-0.15, -0.1) is 0 Å². The molecule has 0 N–H and O–H groups in total. The Morgan fingerprint density at radius 1 is 1.12 bits per heavy atom. The lowest BCUT2D eigenvalue weighted by Crippen LogP contribution is -2.15. The number of thiophene rings is 1. The van der Waals surface area contributed by atoms with Crippen LogP contribution in [0.3, 0.4) is 0 Å². The van der Waals surface area contributed by atoms with Gasteiger partial charge in [-0.3, -0.25) is 0 Å². The van der Waals surface area contributed by atoms with Gasteiger partial charge in [0, 0.05) is 24.6 Å². The molecule has 0 saturated carbocycles. The molecule has 0 fully saturated rings. The van der Waals surface area contributed by atoms with Crippen molar-refractivity contribution in [3.8, 4) is 0 Å². The van der Waals surface area contributed by atoms with E-state index in [9.17, 15) is 0 Å². The predicted molar refractivity (Wildman–Crippen MR) is 75.5 cm³/mol. The van der Waals surface area contributed by atoms with Crippen LogP contribution < -0.4 is 4.90 Å². The van der Waals surface area contributed by atoms with Gasteiger partial charge in [0.15, 0.2) is 0 Å². The van der Waals surface area contributed by atoms with Gasteiger partial charge >= 0.3 is 0 Å². The van der Waals surface area contributed by atoms with E-state index in [1.165, 1.54) is 16.8 Å². The molecular weight excluding hydrogens is 282 g/mol. The minimum atomic E-state index is 0.918. The van der Waals surface area contributed by atoms with Crippen LogP contribution >= 0.6 is 27.3 Å². The fraction of sp³-hybridized carbons (Fsp3) is 0.231. The maximum atomic E-state index is 3.46. The molecule has 0 radical (unpaired) electrons. The van der Waals surface area contributed by atoms with Crippen molar-refractivity contribution in [2.45, 2.75) is 11.9 Å². The molecule has 2 aromatic rings. The fourth-order valence-corrected chi connectivity index (χ4v) is 2.62. The van der Waals surface area contributed by atoms with Gasteiger partial charge in [0.25, 0.3) is 0 Å². The van der Waals surface area contributed by atoms with E-state index in [0.29, 0.717) is 0 Å². The van der Waals surface area contributed by atoms with Crippen molar-refractivity contribution < 1.29 is 0 Å². The molecule has 0 unspecified atom stereocenters. The third-order valence-corrected chi connectivity index (χ3v) is 3.91. The standard InChI is InChI=1S/C13H14BrNS/c1-15(9-12-6-7-16-10-12)13-4-2-11(8-14)3-5-13/h2-7,10H,8-9H2,1H3. The van der Waals surface area contributed by atoms with Crippen molar-refractivity contribution in [3.05, 3.63) is 52.2 Å². The van der Waals surface area contributed by atoms with E-state index in [2.05, 4.69) is 69.0 Å². The van der Waals surface area contributed by atoms with Gasteiger partial charge in [-0.1, -0.05) is 28.1 Å². The maximum absolute atomic E-state index is 3.46. The molecule has 0 aliphatic rings. The Balaban J connectivity index is 2.05. The van der Waals surface area contributed by atoms with E-state index in [0.717, 1.165) is 11.9 Å². The average Bonchev–Trinajstić information content (AvgIpc) is 2.82. The smallest absolute Gasteiger partial charge is 0.0434 e. The van der Waals surface area contributed by atoms with Crippen LogP contribution in [-0.2, 0) is 11.9 Å². The summed E-state index contributed by atoms with van der Waals surface area (Å²) in [5.74, 6) is 0. The number of halogens is 1. The minimum Gasteiger partial charge on any atom is -0.370 e. The summed E-state index contributed by atoms with van der Waals surface area (Å²) >= 11 is 5.21. The van der Waals surface area contributed by atoms with E-state index in [4.69, 9.17) is 0 Å². The van der Waals surface area contributed by atoms with Crippen molar-refractivity contribution in [1.82, 2.24) is 0 Å². The molecule has 1 aromatic carbocycles. The van der Waals surface area contributed by atoms with E-state index in [-0.39, 0.29) is 0 Å². The topological polar surface area (TPSA) is 3.24 Å². The second kappa shape index (κ2) is 5.51. The van der Waals surface area contributed by atoms with Crippen molar-refractivity contribution in [2.75, 3.05) is 11.9 Å². The molecule has 16 heavy (non-hydrogen) atoms. The molecule has 0 saturated heterocycles. The zero-order valence-electron chi connectivity index (χ0n) is 9.19. The average molecular weight is 296 g/mol. The first kappa shape index (κ1) is 11.7. The Labute approximate surface area is 109 Å². The SMILES string of the molecule is CN(Cc1ccsc1)c1ccc(CBr)cc1. The molecule has 0 bridgehead atoms. The second-order valence-corrected chi connectivity index (χ2v) is 5.13. The Kier molecular flexibility index (Phi) is 4.02. The first-order valence-corrected chi connectivity index (χ1v) is 7.23. The molecule has 84 valence electrons. The van der Waals surface area contributed by atoms with Gasteiger partial charge in [0.1, 0.15) is 0 Å². The van der Waals surface area contributed by atoms with Gasteiger partial charge in [-0.05, 0) is 40.1 Å². The van der Waals surface area contributed by atoms with Crippen LogP contribution in [0, 0.1) is 0 Å². The van der Waals surface area contributed by atoms with Crippen LogP contribution in [0.25, 0.3) is 0 Å². The van der Waals surface area contributed by atoms with E-state index < -0.39 is 0 Å². The van der Waals surface area contributed by atoms with Gasteiger partial charge in [-0.2, -0.15) is 11.3 Å². The predicted octanol–water partition coefficient (Wildman–Crippen LogP) is 4.28. The highest BCUT2D eigenvalue weighted by atomic mass is 79.9. The number of hydrogen-bond donors (Lipinski definition) is 0. The number of benzene rings is 1. The van der Waals surface area contributed by atoms with E-state index >= 15 is 0 Å². The van der Waals surface area contributed by atoms with Crippen molar-refractivity contribution >= 4 is 33.0 Å². The molecule has 0 amide bonds. The molecule has 1 nitrogen and oxygen atoms in total. The first-order valence-electron chi connectivity index (χ1n) is 5.16. The third kappa shape index (κ3) is 2.86. The lowest BCUT2D eigenvalue weighted by molar-refractivity contribution is 0.927. The van der Waals surface area contributed by atoms with Crippen LogP contribution in [0.5, 0.6) is 0 Å². The van der Waals surface area contributed by atoms with Gasteiger partial charge in [0.2, 0.25) is 0 Å². The molecule has 0 atom stereocenters.